The molecule has 3 nitrogen and oxygen atoms in total. The van der Waals surface area contributed by atoms with Crippen molar-refractivity contribution in [2.75, 3.05) is 0 Å². The molecular formula is C13H9F7N3. The van der Waals surface area contributed by atoms with E-state index in [1.54, 1.807) is 0 Å². The third-order valence-corrected chi connectivity index (χ3v) is 3.28. The zero-order valence-electron chi connectivity index (χ0n) is 11.7. The van der Waals surface area contributed by atoms with Crippen molar-refractivity contribution in [3.63, 3.8) is 0 Å². The number of halogens is 7. The highest BCUT2D eigenvalue weighted by Gasteiger charge is 2.73. The first kappa shape index (κ1) is 17.2. The molecule has 0 bridgehead atoms. The van der Waals surface area contributed by atoms with Gasteiger partial charge in [-0.25, -0.2) is 14.1 Å². The van der Waals surface area contributed by atoms with E-state index < -0.39 is 23.6 Å². The summed E-state index contributed by atoms with van der Waals surface area (Å²) in [6.45, 7) is 2.50. The van der Waals surface area contributed by atoms with Crippen molar-refractivity contribution in [1.82, 2.24) is 14.8 Å². The van der Waals surface area contributed by atoms with Crippen LogP contribution in [0.25, 0.3) is 5.69 Å². The minimum Gasteiger partial charge on any atom is -0.220 e. The van der Waals surface area contributed by atoms with Gasteiger partial charge in [0.1, 0.15) is 6.33 Å². The van der Waals surface area contributed by atoms with Crippen LogP contribution in [0, 0.1) is 20.2 Å². The first-order valence-corrected chi connectivity index (χ1v) is 6.11. The largest absolute Gasteiger partial charge is 0.435 e. The van der Waals surface area contributed by atoms with Crippen LogP contribution in [0.1, 0.15) is 16.7 Å². The average Bonchev–Trinajstić information content (AvgIpc) is 2.87. The highest BCUT2D eigenvalue weighted by atomic mass is 19.4. The van der Waals surface area contributed by atoms with Crippen LogP contribution < -0.4 is 0 Å². The number of hydrogen-bond donors (Lipinski definition) is 0. The molecule has 0 aliphatic heterocycles. The molecule has 0 saturated heterocycles. The fraction of sp³-hybridized carbons (Fsp3) is 0.385. The van der Waals surface area contributed by atoms with E-state index in [0.717, 1.165) is 4.68 Å². The summed E-state index contributed by atoms with van der Waals surface area (Å²) in [5.74, 6) is 0. The smallest absolute Gasteiger partial charge is 0.220 e. The van der Waals surface area contributed by atoms with E-state index in [1.807, 2.05) is 0 Å². The number of rotatable bonds is 2. The molecule has 125 valence electrons. The maximum absolute atomic E-state index is 14.1. The lowest BCUT2D eigenvalue weighted by Crippen LogP contribution is -2.50. The molecule has 0 aliphatic carbocycles. The van der Waals surface area contributed by atoms with Crippen molar-refractivity contribution in [2.45, 2.75) is 31.9 Å². The number of aromatic nitrogens is 3. The van der Waals surface area contributed by atoms with E-state index in [0.29, 0.717) is 12.1 Å². The zero-order valence-corrected chi connectivity index (χ0v) is 11.7. The number of alkyl halides is 7. The Balaban J connectivity index is 2.69. The Morgan fingerprint density at radius 1 is 0.913 bits per heavy atom. The summed E-state index contributed by atoms with van der Waals surface area (Å²) in [6.07, 6.45) is -8.92. The topological polar surface area (TPSA) is 30.7 Å². The van der Waals surface area contributed by atoms with Crippen molar-refractivity contribution >= 4 is 0 Å². The molecular weight excluding hydrogens is 331 g/mol. The fourth-order valence-corrected chi connectivity index (χ4v) is 2.29. The van der Waals surface area contributed by atoms with Crippen LogP contribution in [0.2, 0.25) is 0 Å². The van der Waals surface area contributed by atoms with E-state index in [9.17, 15) is 30.7 Å². The van der Waals surface area contributed by atoms with Gasteiger partial charge in [0.2, 0.25) is 6.33 Å². The molecule has 2 rings (SSSR count). The summed E-state index contributed by atoms with van der Waals surface area (Å²) in [6, 6.07) is 1.01. The number of hydrogen-bond acceptors (Lipinski definition) is 2. The third kappa shape index (κ3) is 2.66. The first-order chi connectivity index (χ1) is 10.4. The summed E-state index contributed by atoms with van der Waals surface area (Å²) >= 11 is 0. The Kier molecular flexibility index (Phi) is 3.90. The number of benzene rings is 1. The second-order valence-electron chi connectivity index (χ2n) is 4.90. The molecule has 1 aromatic heterocycles. The number of aryl methyl sites for hydroxylation is 2. The predicted molar refractivity (Wildman–Crippen MR) is 64.6 cm³/mol. The van der Waals surface area contributed by atoms with Crippen LogP contribution in [0.15, 0.2) is 18.5 Å². The van der Waals surface area contributed by atoms with Crippen LogP contribution in [0.5, 0.6) is 0 Å². The van der Waals surface area contributed by atoms with Crippen molar-refractivity contribution in [1.29, 1.82) is 0 Å². The van der Waals surface area contributed by atoms with Crippen LogP contribution in [-0.4, -0.2) is 27.1 Å². The van der Waals surface area contributed by atoms with Gasteiger partial charge in [0.05, 0.1) is 5.69 Å². The quantitative estimate of drug-likeness (QED) is 0.775. The Morgan fingerprint density at radius 3 is 1.74 bits per heavy atom. The molecule has 0 atom stereocenters. The SMILES string of the molecule is Cc1cc(C(F)(C(F)(F)F)C(F)(F)F)cc(C)c1-n1cn[c]n1. The molecule has 1 heterocycles. The van der Waals surface area contributed by atoms with Crippen molar-refractivity contribution < 1.29 is 30.7 Å². The Morgan fingerprint density at radius 2 is 1.39 bits per heavy atom. The zero-order chi connectivity index (χ0) is 17.6. The van der Waals surface area contributed by atoms with E-state index in [4.69, 9.17) is 0 Å². The third-order valence-electron chi connectivity index (χ3n) is 3.28. The van der Waals surface area contributed by atoms with Crippen LogP contribution in [0.4, 0.5) is 30.7 Å². The highest BCUT2D eigenvalue weighted by molar-refractivity contribution is 5.50. The second-order valence-corrected chi connectivity index (χ2v) is 4.90. The van der Waals surface area contributed by atoms with Gasteiger partial charge in [-0.1, -0.05) is 12.1 Å². The van der Waals surface area contributed by atoms with Gasteiger partial charge < -0.3 is 0 Å². The average molecular weight is 340 g/mol. The van der Waals surface area contributed by atoms with Crippen molar-refractivity contribution in [3.8, 4) is 5.69 Å². The van der Waals surface area contributed by atoms with E-state index in [1.165, 1.54) is 20.2 Å². The van der Waals surface area contributed by atoms with Crippen LogP contribution >= 0.6 is 0 Å². The molecule has 2 aromatic rings. The predicted octanol–water partition coefficient (Wildman–Crippen LogP) is 3.97. The standard InChI is InChI=1S/C13H9F7N3/c1-7-3-9(11(14,12(15,16)17)13(18,19)20)4-8(2)10(7)23-6-21-5-22-23/h3-4,6H,1-2H3. The van der Waals surface area contributed by atoms with Gasteiger partial charge in [-0.15, -0.1) is 5.10 Å². The van der Waals surface area contributed by atoms with Crippen molar-refractivity contribution in [2.24, 2.45) is 0 Å². The Bertz CT molecular complexity index is 664. The second kappa shape index (κ2) is 5.20. The number of nitrogens with zero attached hydrogens (tertiary/aromatic N) is 3. The molecule has 0 spiro atoms. The summed E-state index contributed by atoms with van der Waals surface area (Å²) in [5, 5.41) is 3.64. The van der Waals surface area contributed by atoms with Crippen molar-refractivity contribution in [3.05, 3.63) is 41.5 Å². The lowest BCUT2D eigenvalue weighted by atomic mass is 9.90. The van der Waals surface area contributed by atoms with Gasteiger partial charge in [-0.05, 0) is 25.0 Å². The summed E-state index contributed by atoms with van der Waals surface area (Å²) in [5.41, 5.74) is -6.82. The molecule has 1 aromatic carbocycles. The monoisotopic (exact) mass is 340 g/mol. The molecule has 0 unspecified atom stereocenters. The summed E-state index contributed by atoms with van der Waals surface area (Å²) < 4.78 is 92.0. The molecule has 0 aliphatic rings. The van der Waals surface area contributed by atoms with Gasteiger partial charge >= 0.3 is 18.0 Å². The van der Waals surface area contributed by atoms with Crippen LogP contribution in [0.3, 0.4) is 0 Å². The molecule has 0 N–H and O–H groups in total. The maximum atomic E-state index is 14.1. The molecule has 0 fully saturated rings. The van der Waals surface area contributed by atoms with Gasteiger partial charge in [0.25, 0.3) is 0 Å². The van der Waals surface area contributed by atoms with Gasteiger partial charge in [0.15, 0.2) is 0 Å². The Labute approximate surface area is 125 Å². The van der Waals surface area contributed by atoms with E-state index >= 15 is 0 Å². The van der Waals surface area contributed by atoms with E-state index in [2.05, 4.69) is 16.4 Å². The Hall–Kier alpha value is -2.13. The van der Waals surface area contributed by atoms with E-state index in [-0.39, 0.29) is 16.8 Å². The maximum Gasteiger partial charge on any atom is 0.435 e. The molecule has 10 heteroatoms. The minimum absolute atomic E-state index is 0.0191. The highest BCUT2D eigenvalue weighted by Crippen LogP contribution is 2.53. The first-order valence-electron chi connectivity index (χ1n) is 6.11. The lowest BCUT2D eigenvalue weighted by Gasteiger charge is -2.31. The lowest BCUT2D eigenvalue weighted by molar-refractivity contribution is -0.348. The summed E-state index contributed by atoms with van der Waals surface area (Å²) in [7, 11) is 0. The minimum atomic E-state index is -6.15. The van der Waals surface area contributed by atoms with Gasteiger partial charge in [-0.3, -0.25) is 0 Å². The molecule has 1 radical (unpaired) electrons. The van der Waals surface area contributed by atoms with Gasteiger partial charge in [0, 0.05) is 5.56 Å². The molecule has 0 saturated carbocycles. The normalized spacial score (nSPS) is 13.4. The fourth-order valence-electron chi connectivity index (χ4n) is 2.29. The molecule has 0 amide bonds. The van der Waals surface area contributed by atoms with Crippen LogP contribution in [-0.2, 0) is 5.67 Å². The molecule has 23 heavy (non-hydrogen) atoms. The summed E-state index contributed by atoms with van der Waals surface area (Å²) in [4.78, 5) is 3.52. The van der Waals surface area contributed by atoms with Gasteiger partial charge in [-0.2, -0.15) is 26.3 Å².